The number of likely N-dealkylation sites (N-methyl/N-ethyl adjacent to an activating group) is 1. The summed E-state index contributed by atoms with van der Waals surface area (Å²) in [7, 11) is 1.56. The van der Waals surface area contributed by atoms with Gasteiger partial charge in [-0.25, -0.2) is 0 Å². The number of nitrogens with zero attached hydrogens (tertiary/aromatic N) is 2. The van der Waals surface area contributed by atoms with E-state index in [0.717, 1.165) is 18.4 Å². The Hall–Kier alpha value is -2.89. The van der Waals surface area contributed by atoms with Crippen molar-refractivity contribution in [3.8, 4) is 22.9 Å². The number of carbonyl (C=O) groups excluding carboxylic acids is 1. The number of aromatic hydroxyl groups is 1. The van der Waals surface area contributed by atoms with Crippen LogP contribution in [0.2, 0.25) is 0 Å². The predicted octanol–water partition coefficient (Wildman–Crippen LogP) is 3.32. The number of aromatic nitrogens is 2. The molecule has 1 aromatic carbocycles. The highest BCUT2D eigenvalue weighted by Gasteiger charge is 2.16. The van der Waals surface area contributed by atoms with Crippen LogP contribution in [0.4, 0.5) is 0 Å². The maximum atomic E-state index is 11.2. The van der Waals surface area contributed by atoms with Crippen LogP contribution in [0.5, 0.6) is 11.6 Å². The molecule has 2 aromatic rings. The smallest absolute Gasteiger partial charge is 0.243 e. The molecule has 3 rings (SSSR count). The average molecular weight is 353 g/mol. The monoisotopic (exact) mass is 353 g/mol. The normalized spacial score (nSPS) is 15.1. The molecular formula is C20H23N3O3. The van der Waals surface area contributed by atoms with Gasteiger partial charge in [0.1, 0.15) is 11.9 Å². The SMILES string of the molecule is CNC(=O)/C=C/c1ccc(-c2ccc(OC3CCCCC3)nn2)c(O)c1. The molecule has 2 N–H and O–H groups in total. The molecule has 1 heterocycles. The molecule has 136 valence electrons. The molecule has 0 radical (unpaired) electrons. The number of ether oxygens (including phenoxy) is 1. The predicted molar refractivity (Wildman–Crippen MR) is 99.7 cm³/mol. The number of benzene rings is 1. The molecule has 1 amide bonds. The first-order valence-electron chi connectivity index (χ1n) is 8.89. The number of phenols is 1. The highest BCUT2D eigenvalue weighted by Crippen LogP contribution is 2.29. The Morgan fingerprint density at radius 2 is 2.00 bits per heavy atom. The Morgan fingerprint density at radius 1 is 1.19 bits per heavy atom. The molecule has 0 atom stereocenters. The minimum absolute atomic E-state index is 0.0827. The van der Waals surface area contributed by atoms with Gasteiger partial charge in [0.25, 0.3) is 0 Å². The summed E-state index contributed by atoms with van der Waals surface area (Å²) in [6.45, 7) is 0. The van der Waals surface area contributed by atoms with Gasteiger partial charge in [0, 0.05) is 24.8 Å². The van der Waals surface area contributed by atoms with Gasteiger partial charge >= 0.3 is 0 Å². The van der Waals surface area contributed by atoms with Crippen molar-refractivity contribution in [2.75, 3.05) is 7.05 Å². The van der Waals surface area contributed by atoms with Gasteiger partial charge < -0.3 is 15.2 Å². The van der Waals surface area contributed by atoms with Crippen LogP contribution in [0.1, 0.15) is 37.7 Å². The molecule has 0 unspecified atom stereocenters. The van der Waals surface area contributed by atoms with Crippen LogP contribution in [0.3, 0.4) is 0 Å². The van der Waals surface area contributed by atoms with Crippen molar-refractivity contribution in [1.29, 1.82) is 0 Å². The molecule has 26 heavy (non-hydrogen) atoms. The summed E-state index contributed by atoms with van der Waals surface area (Å²) in [6, 6.07) is 8.73. The third-order valence-corrected chi connectivity index (χ3v) is 4.45. The quantitative estimate of drug-likeness (QED) is 0.806. The lowest BCUT2D eigenvalue weighted by atomic mass is 9.98. The topological polar surface area (TPSA) is 84.3 Å². The number of hydrogen-bond acceptors (Lipinski definition) is 5. The molecular weight excluding hydrogens is 330 g/mol. The lowest BCUT2D eigenvalue weighted by Gasteiger charge is -2.22. The second-order valence-electron chi connectivity index (χ2n) is 6.36. The van der Waals surface area contributed by atoms with E-state index in [1.54, 1.807) is 37.4 Å². The molecule has 0 spiro atoms. The highest BCUT2D eigenvalue weighted by atomic mass is 16.5. The van der Waals surface area contributed by atoms with Gasteiger partial charge in [-0.05, 0) is 55.5 Å². The molecule has 1 aliphatic rings. The highest BCUT2D eigenvalue weighted by molar-refractivity contribution is 5.91. The number of amides is 1. The Balaban J connectivity index is 1.70. The first kappa shape index (κ1) is 17.9. The number of phenolic OH excluding ortho intramolecular Hbond substituents is 1. The van der Waals surface area contributed by atoms with E-state index in [2.05, 4.69) is 15.5 Å². The minimum Gasteiger partial charge on any atom is -0.507 e. The lowest BCUT2D eigenvalue weighted by molar-refractivity contribution is -0.115. The summed E-state index contributed by atoms with van der Waals surface area (Å²) < 4.78 is 5.88. The van der Waals surface area contributed by atoms with E-state index in [9.17, 15) is 9.90 Å². The van der Waals surface area contributed by atoms with E-state index in [-0.39, 0.29) is 17.8 Å². The van der Waals surface area contributed by atoms with Crippen LogP contribution in [-0.4, -0.2) is 34.4 Å². The zero-order valence-corrected chi connectivity index (χ0v) is 14.8. The van der Waals surface area contributed by atoms with Crippen molar-refractivity contribution in [2.24, 2.45) is 0 Å². The first-order chi connectivity index (χ1) is 12.7. The van der Waals surface area contributed by atoms with Crippen molar-refractivity contribution < 1.29 is 14.6 Å². The van der Waals surface area contributed by atoms with Crippen LogP contribution >= 0.6 is 0 Å². The van der Waals surface area contributed by atoms with Crippen LogP contribution in [0.15, 0.2) is 36.4 Å². The second-order valence-corrected chi connectivity index (χ2v) is 6.36. The minimum atomic E-state index is -0.201. The Kier molecular flexibility index (Phi) is 5.84. The van der Waals surface area contributed by atoms with E-state index in [4.69, 9.17) is 4.74 Å². The molecule has 0 saturated heterocycles. The van der Waals surface area contributed by atoms with Gasteiger partial charge in [0.05, 0.1) is 5.69 Å². The molecule has 0 aliphatic heterocycles. The van der Waals surface area contributed by atoms with E-state index >= 15 is 0 Å². The fraction of sp³-hybridized carbons (Fsp3) is 0.350. The molecule has 6 nitrogen and oxygen atoms in total. The summed E-state index contributed by atoms with van der Waals surface area (Å²) in [6.07, 6.45) is 9.07. The van der Waals surface area contributed by atoms with Crippen molar-refractivity contribution in [1.82, 2.24) is 15.5 Å². The molecule has 1 fully saturated rings. The van der Waals surface area contributed by atoms with Crippen molar-refractivity contribution in [3.05, 3.63) is 42.0 Å². The summed E-state index contributed by atoms with van der Waals surface area (Å²) >= 11 is 0. The maximum absolute atomic E-state index is 11.2. The van der Waals surface area contributed by atoms with Gasteiger partial charge in [-0.1, -0.05) is 12.5 Å². The average Bonchev–Trinajstić information content (AvgIpc) is 2.68. The fourth-order valence-electron chi connectivity index (χ4n) is 3.00. The van der Waals surface area contributed by atoms with E-state index < -0.39 is 0 Å². The van der Waals surface area contributed by atoms with E-state index in [1.165, 1.54) is 25.3 Å². The van der Waals surface area contributed by atoms with Crippen LogP contribution in [-0.2, 0) is 4.79 Å². The van der Waals surface area contributed by atoms with Gasteiger partial charge in [-0.2, -0.15) is 0 Å². The second kappa shape index (κ2) is 8.47. The van der Waals surface area contributed by atoms with Crippen LogP contribution in [0.25, 0.3) is 17.3 Å². The number of carbonyl (C=O) groups is 1. The molecule has 0 bridgehead atoms. The summed E-state index contributed by atoms with van der Waals surface area (Å²) in [5.74, 6) is 0.401. The van der Waals surface area contributed by atoms with Gasteiger partial charge in [-0.3, -0.25) is 4.79 Å². The molecule has 1 aliphatic carbocycles. The Labute approximate surface area is 152 Å². The summed E-state index contributed by atoms with van der Waals surface area (Å²) in [5.41, 5.74) is 1.87. The van der Waals surface area contributed by atoms with Crippen molar-refractivity contribution in [2.45, 2.75) is 38.2 Å². The van der Waals surface area contributed by atoms with Gasteiger partial charge in [-0.15, -0.1) is 10.2 Å². The third kappa shape index (κ3) is 4.59. The molecule has 1 aromatic heterocycles. The fourth-order valence-corrected chi connectivity index (χ4v) is 3.00. The molecule has 1 saturated carbocycles. The number of hydrogen-bond donors (Lipinski definition) is 2. The number of rotatable bonds is 5. The maximum Gasteiger partial charge on any atom is 0.243 e. The lowest BCUT2D eigenvalue weighted by Crippen LogP contribution is -2.20. The standard InChI is InChI=1S/C20H23N3O3/c1-21-19(25)11-8-14-7-9-16(18(24)13-14)17-10-12-20(23-22-17)26-15-5-3-2-4-6-15/h7-13,15,24H,2-6H2,1H3,(H,21,25)/b11-8+. The Morgan fingerprint density at radius 3 is 2.65 bits per heavy atom. The Bertz CT molecular complexity index is 781. The van der Waals surface area contributed by atoms with E-state index in [1.807, 2.05) is 6.07 Å². The van der Waals surface area contributed by atoms with Crippen LogP contribution < -0.4 is 10.1 Å². The van der Waals surface area contributed by atoms with Gasteiger partial charge in [0.15, 0.2) is 0 Å². The van der Waals surface area contributed by atoms with Crippen LogP contribution in [0, 0.1) is 0 Å². The van der Waals surface area contributed by atoms with Gasteiger partial charge in [0.2, 0.25) is 11.8 Å². The van der Waals surface area contributed by atoms with E-state index in [0.29, 0.717) is 17.1 Å². The summed E-state index contributed by atoms with van der Waals surface area (Å²) in [4.78, 5) is 11.2. The summed E-state index contributed by atoms with van der Waals surface area (Å²) in [5, 5.41) is 21.1. The zero-order valence-electron chi connectivity index (χ0n) is 14.8. The van der Waals surface area contributed by atoms with Crippen molar-refractivity contribution in [3.63, 3.8) is 0 Å². The largest absolute Gasteiger partial charge is 0.507 e. The first-order valence-corrected chi connectivity index (χ1v) is 8.89. The third-order valence-electron chi connectivity index (χ3n) is 4.45. The van der Waals surface area contributed by atoms with Crippen molar-refractivity contribution >= 4 is 12.0 Å². The number of nitrogens with one attached hydrogen (secondary N) is 1. The zero-order chi connectivity index (χ0) is 18.4. The molecule has 6 heteroatoms.